The van der Waals surface area contributed by atoms with E-state index in [1.54, 1.807) is 0 Å². The van der Waals surface area contributed by atoms with E-state index in [0.29, 0.717) is 23.9 Å². The third kappa shape index (κ3) is 2.86. The van der Waals surface area contributed by atoms with Gasteiger partial charge in [-0.05, 0) is 38.8 Å². The Labute approximate surface area is 140 Å². The standard InChI is InChI=1S/C17H22N6O/c1-10-16(11(2)20-19-10)17(24)18-7-12-8-23(9-12)15-6-5-14(21-22-15)13-3-4-13/h5-6,12-13H,3-4,7-9H2,1-2H3,(H,18,24)(H,19,20). The summed E-state index contributed by atoms with van der Waals surface area (Å²) in [7, 11) is 0. The molecule has 0 atom stereocenters. The van der Waals surface area contributed by atoms with Gasteiger partial charge >= 0.3 is 0 Å². The fourth-order valence-electron chi connectivity index (χ4n) is 3.20. The normalized spacial score (nSPS) is 17.7. The molecule has 2 aliphatic rings. The highest BCUT2D eigenvalue weighted by molar-refractivity contribution is 5.96. The summed E-state index contributed by atoms with van der Waals surface area (Å²) in [5, 5.41) is 18.6. The second-order valence-electron chi connectivity index (χ2n) is 6.88. The first-order valence-corrected chi connectivity index (χ1v) is 8.50. The molecule has 0 bridgehead atoms. The van der Waals surface area contributed by atoms with Gasteiger partial charge in [-0.15, -0.1) is 5.10 Å². The molecule has 4 rings (SSSR count). The van der Waals surface area contributed by atoms with Crippen molar-refractivity contribution in [2.45, 2.75) is 32.6 Å². The number of carbonyl (C=O) groups is 1. The molecule has 1 amide bonds. The summed E-state index contributed by atoms with van der Waals surface area (Å²) in [5.74, 6) is 1.97. The van der Waals surface area contributed by atoms with Gasteiger partial charge in [0.05, 0.1) is 17.0 Å². The molecular weight excluding hydrogens is 304 g/mol. The number of aromatic amines is 1. The predicted molar refractivity (Wildman–Crippen MR) is 90.1 cm³/mol. The Morgan fingerprint density at radius 1 is 1.29 bits per heavy atom. The second kappa shape index (κ2) is 5.89. The van der Waals surface area contributed by atoms with E-state index in [-0.39, 0.29) is 5.91 Å². The number of aryl methyl sites for hydroxylation is 2. The second-order valence-corrected chi connectivity index (χ2v) is 6.88. The largest absolute Gasteiger partial charge is 0.354 e. The van der Waals surface area contributed by atoms with Gasteiger partial charge in [0.2, 0.25) is 0 Å². The van der Waals surface area contributed by atoms with E-state index >= 15 is 0 Å². The number of hydrogen-bond acceptors (Lipinski definition) is 5. The van der Waals surface area contributed by atoms with Gasteiger partial charge in [-0.1, -0.05) is 0 Å². The van der Waals surface area contributed by atoms with E-state index in [2.05, 4.69) is 42.7 Å². The Bertz CT molecular complexity index is 723. The summed E-state index contributed by atoms with van der Waals surface area (Å²) in [6, 6.07) is 4.16. The Kier molecular flexibility index (Phi) is 3.70. The molecule has 2 N–H and O–H groups in total. The van der Waals surface area contributed by atoms with Gasteiger partial charge in [0.1, 0.15) is 0 Å². The minimum atomic E-state index is -0.0502. The molecule has 0 spiro atoms. The van der Waals surface area contributed by atoms with Gasteiger partial charge in [-0.3, -0.25) is 9.89 Å². The van der Waals surface area contributed by atoms with Crippen LogP contribution in [-0.2, 0) is 0 Å². The van der Waals surface area contributed by atoms with Crippen LogP contribution in [0.4, 0.5) is 5.82 Å². The zero-order valence-corrected chi connectivity index (χ0v) is 14.0. The lowest BCUT2D eigenvalue weighted by atomic mass is 10.00. The van der Waals surface area contributed by atoms with Crippen LogP contribution in [-0.4, -0.2) is 45.9 Å². The van der Waals surface area contributed by atoms with E-state index in [9.17, 15) is 4.79 Å². The van der Waals surface area contributed by atoms with Crippen molar-refractivity contribution in [3.63, 3.8) is 0 Å². The molecule has 0 radical (unpaired) electrons. The maximum atomic E-state index is 12.2. The van der Waals surface area contributed by atoms with Crippen LogP contribution in [0.1, 0.15) is 46.2 Å². The molecule has 0 aromatic carbocycles. The Balaban J connectivity index is 1.26. The van der Waals surface area contributed by atoms with Crippen molar-refractivity contribution in [1.82, 2.24) is 25.7 Å². The number of amides is 1. The van der Waals surface area contributed by atoms with Crippen LogP contribution in [0.15, 0.2) is 12.1 Å². The lowest BCUT2D eigenvalue weighted by Gasteiger charge is -2.39. The predicted octanol–water partition coefficient (Wildman–Crippen LogP) is 1.56. The van der Waals surface area contributed by atoms with Gasteiger partial charge < -0.3 is 10.2 Å². The van der Waals surface area contributed by atoms with E-state index in [0.717, 1.165) is 36.0 Å². The van der Waals surface area contributed by atoms with Crippen molar-refractivity contribution in [2.75, 3.05) is 24.5 Å². The van der Waals surface area contributed by atoms with Crippen molar-refractivity contribution in [2.24, 2.45) is 5.92 Å². The van der Waals surface area contributed by atoms with Crippen LogP contribution in [0.3, 0.4) is 0 Å². The molecule has 7 heteroatoms. The lowest BCUT2D eigenvalue weighted by molar-refractivity contribution is 0.0943. The maximum absolute atomic E-state index is 12.2. The molecule has 1 aliphatic heterocycles. The van der Waals surface area contributed by atoms with Crippen LogP contribution in [0.25, 0.3) is 0 Å². The minimum absolute atomic E-state index is 0.0502. The maximum Gasteiger partial charge on any atom is 0.255 e. The smallest absolute Gasteiger partial charge is 0.255 e. The Morgan fingerprint density at radius 2 is 2.08 bits per heavy atom. The molecule has 24 heavy (non-hydrogen) atoms. The average molecular weight is 326 g/mol. The van der Waals surface area contributed by atoms with Gasteiger partial charge in [-0.25, -0.2) is 0 Å². The number of nitrogens with zero attached hydrogens (tertiary/aromatic N) is 4. The number of H-pyrrole nitrogens is 1. The highest BCUT2D eigenvalue weighted by Crippen LogP contribution is 2.38. The fourth-order valence-corrected chi connectivity index (χ4v) is 3.20. The molecular formula is C17H22N6O. The van der Waals surface area contributed by atoms with Gasteiger partial charge in [0.25, 0.3) is 5.91 Å². The van der Waals surface area contributed by atoms with E-state index in [1.807, 2.05) is 13.8 Å². The summed E-state index contributed by atoms with van der Waals surface area (Å²) in [5.41, 5.74) is 3.33. The van der Waals surface area contributed by atoms with Crippen molar-refractivity contribution < 1.29 is 4.79 Å². The first-order valence-electron chi connectivity index (χ1n) is 8.50. The van der Waals surface area contributed by atoms with Crippen molar-refractivity contribution in [3.8, 4) is 0 Å². The summed E-state index contributed by atoms with van der Waals surface area (Å²) < 4.78 is 0. The van der Waals surface area contributed by atoms with Crippen LogP contribution >= 0.6 is 0 Å². The van der Waals surface area contributed by atoms with Crippen molar-refractivity contribution in [3.05, 3.63) is 34.8 Å². The van der Waals surface area contributed by atoms with Gasteiger partial charge in [0, 0.05) is 37.2 Å². The number of anilines is 1. The molecule has 7 nitrogen and oxygen atoms in total. The topological polar surface area (TPSA) is 86.8 Å². The first-order chi connectivity index (χ1) is 11.6. The minimum Gasteiger partial charge on any atom is -0.354 e. The Morgan fingerprint density at radius 3 is 2.67 bits per heavy atom. The average Bonchev–Trinajstić information content (AvgIpc) is 3.32. The summed E-state index contributed by atoms with van der Waals surface area (Å²) in [6.07, 6.45) is 2.49. The monoisotopic (exact) mass is 326 g/mol. The van der Waals surface area contributed by atoms with Crippen LogP contribution in [0.5, 0.6) is 0 Å². The van der Waals surface area contributed by atoms with E-state index in [4.69, 9.17) is 0 Å². The van der Waals surface area contributed by atoms with Gasteiger partial charge in [-0.2, -0.15) is 10.2 Å². The molecule has 126 valence electrons. The highest BCUT2D eigenvalue weighted by atomic mass is 16.1. The fraction of sp³-hybridized carbons (Fsp3) is 0.529. The molecule has 3 heterocycles. The van der Waals surface area contributed by atoms with Crippen molar-refractivity contribution in [1.29, 1.82) is 0 Å². The third-order valence-corrected chi connectivity index (χ3v) is 4.85. The van der Waals surface area contributed by atoms with Crippen LogP contribution in [0, 0.1) is 19.8 Å². The number of nitrogens with one attached hydrogen (secondary N) is 2. The lowest BCUT2D eigenvalue weighted by Crippen LogP contribution is -2.52. The highest BCUT2D eigenvalue weighted by Gasteiger charge is 2.30. The molecule has 1 aliphatic carbocycles. The van der Waals surface area contributed by atoms with Crippen LogP contribution in [0.2, 0.25) is 0 Å². The van der Waals surface area contributed by atoms with E-state index < -0.39 is 0 Å². The number of hydrogen-bond donors (Lipinski definition) is 2. The number of carbonyl (C=O) groups excluding carboxylic acids is 1. The summed E-state index contributed by atoms with van der Waals surface area (Å²) in [4.78, 5) is 14.4. The van der Waals surface area contributed by atoms with Crippen molar-refractivity contribution >= 4 is 11.7 Å². The molecule has 1 saturated carbocycles. The molecule has 2 aromatic rings. The number of rotatable bonds is 5. The first kappa shape index (κ1) is 15.1. The quantitative estimate of drug-likeness (QED) is 0.871. The molecule has 1 saturated heterocycles. The summed E-state index contributed by atoms with van der Waals surface area (Å²) >= 11 is 0. The van der Waals surface area contributed by atoms with Gasteiger partial charge in [0.15, 0.2) is 5.82 Å². The third-order valence-electron chi connectivity index (χ3n) is 4.85. The number of aromatic nitrogens is 4. The SMILES string of the molecule is Cc1n[nH]c(C)c1C(=O)NCC1CN(c2ccc(C3CC3)nn2)C1. The zero-order valence-electron chi connectivity index (χ0n) is 14.0. The molecule has 2 aromatic heterocycles. The van der Waals surface area contributed by atoms with E-state index in [1.165, 1.54) is 12.8 Å². The zero-order chi connectivity index (χ0) is 16.7. The summed E-state index contributed by atoms with van der Waals surface area (Å²) in [6.45, 7) is 6.19. The van der Waals surface area contributed by atoms with Crippen LogP contribution < -0.4 is 10.2 Å². The Hall–Kier alpha value is -2.44. The molecule has 0 unspecified atom stereocenters. The molecule has 2 fully saturated rings.